The second-order valence-electron chi connectivity index (χ2n) is 5.84. The average Bonchev–Trinajstić information content (AvgIpc) is 2.47. The predicted octanol–water partition coefficient (Wildman–Crippen LogP) is 2.93. The first-order chi connectivity index (χ1) is 10.2. The number of benzene rings is 1. The van der Waals surface area contributed by atoms with E-state index in [2.05, 4.69) is 52.5 Å². The molecule has 4 heteroatoms. The first kappa shape index (κ1) is 13.6. The van der Waals surface area contributed by atoms with Crippen molar-refractivity contribution in [1.29, 1.82) is 0 Å². The Morgan fingerprint density at radius 3 is 2.57 bits per heavy atom. The fourth-order valence-corrected chi connectivity index (χ4v) is 2.94. The van der Waals surface area contributed by atoms with E-state index in [-0.39, 0.29) is 11.5 Å². The Morgan fingerprint density at radius 2 is 1.90 bits per heavy atom. The number of nitrogens with two attached hydrogens (primary N) is 1. The van der Waals surface area contributed by atoms with Crippen molar-refractivity contribution in [2.45, 2.75) is 31.2 Å². The average molecular weight is 280 g/mol. The summed E-state index contributed by atoms with van der Waals surface area (Å²) in [5, 5.41) is 3.02. The topological polar surface area (TPSA) is 63.3 Å². The van der Waals surface area contributed by atoms with E-state index in [4.69, 9.17) is 5.73 Å². The quantitative estimate of drug-likeness (QED) is 0.671. The Bertz CT molecular complexity index is 616. The minimum atomic E-state index is 0.223. The van der Waals surface area contributed by atoms with Crippen LogP contribution in [0.2, 0.25) is 0 Å². The maximum Gasteiger partial charge on any atom is 0.194 e. The molecule has 0 unspecified atom stereocenters. The summed E-state index contributed by atoms with van der Waals surface area (Å²) in [4.78, 5) is 8.72. The van der Waals surface area contributed by atoms with Crippen molar-refractivity contribution in [3.05, 3.63) is 60.3 Å². The summed E-state index contributed by atoms with van der Waals surface area (Å²) in [6.07, 6.45) is 3.79. The molecule has 0 radical (unpaired) electrons. The Labute approximate surface area is 125 Å². The van der Waals surface area contributed by atoms with Gasteiger partial charge in [-0.15, -0.1) is 0 Å². The molecule has 0 atom stereocenters. The van der Waals surface area contributed by atoms with Gasteiger partial charge in [-0.25, -0.2) is 9.98 Å². The van der Waals surface area contributed by atoms with Crippen molar-refractivity contribution in [3.63, 3.8) is 0 Å². The maximum atomic E-state index is 5.94. The number of hydrogen-bond acceptors (Lipinski definition) is 2. The molecule has 108 valence electrons. The molecule has 0 saturated heterocycles. The lowest BCUT2D eigenvalue weighted by molar-refractivity contribution is 0.229. The van der Waals surface area contributed by atoms with Crippen molar-refractivity contribution >= 4 is 11.8 Å². The van der Waals surface area contributed by atoms with Crippen molar-refractivity contribution < 1.29 is 0 Å². The van der Waals surface area contributed by atoms with Gasteiger partial charge in [-0.1, -0.05) is 43.3 Å². The lowest BCUT2D eigenvalue weighted by Crippen LogP contribution is -2.42. The molecule has 1 aliphatic carbocycles. The number of nitrogens with one attached hydrogen (secondary N) is 1. The molecule has 1 aliphatic rings. The highest BCUT2D eigenvalue weighted by Gasteiger charge is 2.41. The first-order valence-corrected chi connectivity index (χ1v) is 7.23. The van der Waals surface area contributed by atoms with Crippen LogP contribution in [0.4, 0.5) is 5.82 Å². The van der Waals surface area contributed by atoms with Crippen LogP contribution in [0.15, 0.2) is 59.7 Å². The van der Waals surface area contributed by atoms with Crippen LogP contribution in [0.1, 0.15) is 25.3 Å². The van der Waals surface area contributed by atoms with E-state index in [0.29, 0.717) is 5.96 Å². The number of nitrogens with zero attached hydrogens (tertiary/aromatic N) is 2. The van der Waals surface area contributed by atoms with E-state index in [1.54, 1.807) is 6.20 Å². The van der Waals surface area contributed by atoms with Crippen LogP contribution >= 0.6 is 0 Å². The number of hydrogen-bond donors (Lipinski definition) is 2. The summed E-state index contributed by atoms with van der Waals surface area (Å²) in [6, 6.07) is 16.6. The molecule has 3 N–H and O–H groups in total. The zero-order valence-electron chi connectivity index (χ0n) is 12.2. The number of aliphatic imine (C=N–C) groups is 1. The van der Waals surface area contributed by atoms with Gasteiger partial charge < -0.3 is 11.1 Å². The summed E-state index contributed by atoms with van der Waals surface area (Å²) in [6.45, 7) is 2.29. The van der Waals surface area contributed by atoms with Gasteiger partial charge >= 0.3 is 0 Å². The molecular weight excluding hydrogens is 260 g/mol. The second-order valence-corrected chi connectivity index (χ2v) is 5.84. The molecule has 1 heterocycles. The lowest BCUT2D eigenvalue weighted by atomic mass is 9.63. The molecule has 0 spiro atoms. The van der Waals surface area contributed by atoms with Gasteiger partial charge in [0.05, 0.1) is 6.04 Å². The minimum Gasteiger partial charge on any atom is -0.370 e. The van der Waals surface area contributed by atoms with Crippen molar-refractivity contribution in [2.24, 2.45) is 10.7 Å². The van der Waals surface area contributed by atoms with E-state index < -0.39 is 0 Å². The molecule has 21 heavy (non-hydrogen) atoms. The summed E-state index contributed by atoms with van der Waals surface area (Å²) >= 11 is 0. The number of anilines is 1. The summed E-state index contributed by atoms with van der Waals surface area (Å²) < 4.78 is 0. The Balaban J connectivity index is 1.60. The van der Waals surface area contributed by atoms with Crippen LogP contribution in [0, 0.1) is 0 Å². The molecule has 3 rings (SSSR count). The van der Waals surface area contributed by atoms with E-state index in [1.807, 2.05) is 18.2 Å². The molecule has 0 aliphatic heterocycles. The number of rotatable bonds is 3. The molecule has 0 amide bonds. The molecule has 1 saturated carbocycles. The van der Waals surface area contributed by atoms with Gasteiger partial charge in [0.1, 0.15) is 5.82 Å². The number of guanidine groups is 1. The predicted molar refractivity (Wildman–Crippen MR) is 86.3 cm³/mol. The Morgan fingerprint density at radius 1 is 1.19 bits per heavy atom. The minimum absolute atomic E-state index is 0.223. The third kappa shape index (κ3) is 3.05. The smallest absolute Gasteiger partial charge is 0.194 e. The molecule has 4 nitrogen and oxygen atoms in total. The van der Waals surface area contributed by atoms with Crippen LogP contribution < -0.4 is 11.1 Å². The second kappa shape index (κ2) is 5.56. The van der Waals surface area contributed by atoms with Gasteiger partial charge in [-0.3, -0.25) is 0 Å². The Kier molecular flexibility index (Phi) is 3.60. The van der Waals surface area contributed by atoms with Crippen LogP contribution in [0.25, 0.3) is 0 Å². The molecule has 1 aromatic carbocycles. The zero-order chi connectivity index (χ0) is 14.7. The van der Waals surface area contributed by atoms with Gasteiger partial charge in [-0.2, -0.15) is 0 Å². The van der Waals surface area contributed by atoms with Gasteiger partial charge in [0, 0.05) is 6.20 Å². The van der Waals surface area contributed by atoms with Crippen molar-refractivity contribution in [1.82, 2.24) is 4.98 Å². The highest BCUT2D eigenvalue weighted by atomic mass is 15.1. The molecule has 0 bridgehead atoms. The molecular formula is C17H20N4. The van der Waals surface area contributed by atoms with E-state index in [1.165, 1.54) is 5.56 Å². The van der Waals surface area contributed by atoms with Gasteiger partial charge in [0.15, 0.2) is 5.96 Å². The molecule has 2 aromatic rings. The zero-order valence-corrected chi connectivity index (χ0v) is 12.2. The fraction of sp³-hybridized carbons (Fsp3) is 0.294. The highest BCUT2D eigenvalue weighted by molar-refractivity contribution is 5.91. The van der Waals surface area contributed by atoms with E-state index in [0.717, 1.165) is 18.7 Å². The van der Waals surface area contributed by atoms with E-state index in [9.17, 15) is 0 Å². The Hall–Kier alpha value is -2.36. The highest BCUT2D eigenvalue weighted by Crippen LogP contribution is 2.44. The first-order valence-electron chi connectivity index (χ1n) is 7.23. The molecule has 1 aromatic heterocycles. The van der Waals surface area contributed by atoms with Crippen molar-refractivity contribution in [2.75, 3.05) is 5.32 Å². The maximum absolute atomic E-state index is 5.94. The van der Waals surface area contributed by atoms with Gasteiger partial charge in [-0.05, 0) is 36.0 Å². The van der Waals surface area contributed by atoms with Gasteiger partial charge in [0.25, 0.3) is 0 Å². The van der Waals surface area contributed by atoms with Crippen LogP contribution in [0.3, 0.4) is 0 Å². The normalized spacial score (nSPS) is 25.2. The largest absolute Gasteiger partial charge is 0.370 e. The molecule has 1 fully saturated rings. The third-order valence-corrected chi connectivity index (χ3v) is 4.09. The SMILES string of the molecule is CC1(c2ccccc2)CC(N=C(N)Nc2ccccn2)C1. The summed E-state index contributed by atoms with van der Waals surface area (Å²) in [5.74, 6) is 1.16. The third-order valence-electron chi connectivity index (χ3n) is 4.09. The standard InChI is InChI=1S/C17H20N4/c1-17(13-7-3-2-4-8-13)11-14(12-17)20-16(18)21-15-9-5-6-10-19-15/h2-10,14H,11-12H2,1H3,(H3,18,19,20,21). The van der Waals surface area contributed by atoms with Crippen molar-refractivity contribution in [3.8, 4) is 0 Å². The monoisotopic (exact) mass is 280 g/mol. The summed E-state index contributed by atoms with van der Waals surface area (Å²) in [7, 11) is 0. The number of pyridine rings is 1. The van der Waals surface area contributed by atoms with Crippen LogP contribution in [-0.4, -0.2) is 17.0 Å². The fourth-order valence-electron chi connectivity index (χ4n) is 2.94. The summed E-state index contributed by atoms with van der Waals surface area (Å²) in [5.41, 5.74) is 7.55. The van der Waals surface area contributed by atoms with Gasteiger partial charge in [0.2, 0.25) is 0 Å². The van der Waals surface area contributed by atoms with Crippen LogP contribution in [0.5, 0.6) is 0 Å². The van der Waals surface area contributed by atoms with Crippen LogP contribution in [-0.2, 0) is 5.41 Å². The number of aromatic nitrogens is 1. The lowest BCUT2D eigenvalue weighted by Gasteiger charge is -2.44. The van der Waals surface area contributed by atoms with E-state index >= 15 is 0 Å².